The van der Waals surface area contributed by atoms with Crippen LogP contribution in [-0.2, 0) is 24.3 Å². The monoisotopic (exact) mass is 285 g/mol. The molecule has 2 aromatic rings. The fourth-order valence-electron chi connectivity index (χ4n) is 2.53. The summed E-state index contributed by atoms with van der Waals surface area (Å²) < 4.78 is 18.9. The molecule has 0 bridgehead atoms. The quantitative estimate of drug-likeness (QED) is 0.845. The maximum atomic E-state index is 13.6. The number of amides is 1. The highest BCUT2D eigenvalue weighted by molar-refractivity contribution is 5.68. The SMILES string of the molecule is O=C(OCc1ccccc1)N1CCc2c(F)cccc2C1. The van der Waals surface area contributed by atoms with Crippen molar-refractivity contribution >= 4 is 6.09 Å². The van der Waals surface area contributed by atoms with Gasteiger partial charge < -0.3 is 9.64 Å². The minimum absolute atomic E-state index is 0.190. The molecule has 0 N–H and O–H groups in total. The molecule has 21 heavy (non-hydrogen) atoms. The number of rotatable bonds is 2. The maximum absolute atomic E-state index is 13.6. The number of carbonyl (C=O) groups is 1. The van der Waals surface area contributed by atoms with Crippen molar-refractivity contribution in [1.82, 2.24) is 4.90 Å². The van der Waals surface area contributed by atoms with Gasteiger partial charge in [-0.1, -0.05) is 42.5 Å². The average molecular weight is 285 g/mol. The van der Waals surface area contributed by atoms with Crippen LogP contribution < -0.4 is 0 Å². The molecule has 0 spiro atoms. The molecule has 3 nitrogen and oxygen atoms in total. The topological polar surface area (TPSA) is 29.5 Å². The largest absolute Gasteiger partial charge is 0.445 e. The van der Waals surface area contributed by atoms with E-state index in [1.54, 1.807) is 11.0 Å². The standard InChI is InChI=1S/C17H16FNO2/c18-16-8-4-7-14-11-19(10-9-15(14)16)17(20)21-12-13-5-2-1-3-6-13/h1-8H,9-12H2. The van der Waals surface area contributed by atoms with Crippen LogP contribution in [0.2, 0.25) is 0 Å². The van der Waals surface area contributed by atoms with Crippen molar-refractivity contribution < 1.29 is 13.9 Å². The third-order valence-corrected chi connectivity index (χ3v) is 3.67. The van der Waals surface area contributed by atoms with Crippen molar-refractivity contribution in [2.24, 2.45) is 0 Å². The van der Waals surface area contributed by atoms with Crippen LogP contribution in [0.4, 0.5) is 9.18 Å². The highest BCUT2D eigenvalue weighted by atomic mass is 19.1. The summed E-state index contributed by atoms with van der Waals surface area (Å²) in [6.45, 7) is 1.15. The molecular weight excluding hydrogens is 269 g/mol. The normalized spacial score (nSPS) is 13.7. The van der Waals surface area contributed by atoms with Crippen LogP contribution in [0.25, 0.3) is 0 Å². The molecule has 0 fully saturated rings. The van der Waals surface area contributed by atoms with E-state index in [9.17, 15) is 9.18 Å². The van der Waals surface area contributed by atoms with Crippen molar-refractivity contribution in [3.05, 3.63) is 71.0 Å². The summed E-state index contributed by atoms with van der Waals surface area (Å²) in [4.78, 5) is 13.7. The Hall–Kier alpha value is -2.36. The molecule has 4 heteroatoms. The zero-order chi connectivity index (χ0) is 14.7. The first-order valence-electron chi connectivity index (χ1n) is 6.96. The minimum atomic E-state index is -0.353. The van der Waals surface area contributed by atoms with Gasteiger partial charge in [0.1, 0.15) is 12.4 Å². The first kappa shape index (κ1) is 13.6. The smallest absolute Gasteiger partial charge is 0.410 e. The van der Waals surface area contributed by atoms with Gasteiger partial charge in [0.15, 0.2) is 0 Å². The van der Waals surface area contributed by atoms with E-state index in [0.717, 1.165) is 11.1 Å². The van der Waals surface area contributed by atoms with Crippen molar-refractivity contribution in [2.75, 3.05) is 6.54 Å². The van der Waals surface area contributed by atoms with Gasteiger partial charge in [-0.15, -0.1) is 0 Å². The van der Waals surface area contributed by atoms with Crippen LogP contribution in [0.1, 0.15) is 16.7 Å². The van der Waals surface area contributed by atoms with Gasteiger partial charge in [0, 0.05) is 13.1 Å². The van der Waals surface area contributed by atoms with Crippen molar-refractivity contribution in [3.8, 4) is 0 Å². The zero-order valence-electron chi connectivity index (χ0n) is 11.6. The average Bonchev–Trinajstić information content (AvgIpc) is 2.53. The predicted octanol–water partition coefficient (Wildman–Crippen LogP) is 3.52. The zero-order valence-corrected chi connectivity index (χ0v) is 11.6. The van der Waals surface area contributed by atoms with E-state index < -0.39 is 0 Å². The Morgan fingerprint density at radius 1 is 1.14 bits per heavy atom. The van der Waals surface area contributed by atoms with Crippen LogP contribution in [0.3, 0.4) is 0 Å². The minimum Gasteiger partial charge on any atom is -0.445 e. The van der Waals surface area contributed by atoms with Crippen molar-refractivity contribution in [2.45, 2.75) is 19.6 Å². The molecule has 0 aromatic heterocycles. The van der Waals surface area contributed by atoms with Crippen LogP contribution in [0.15, 0.2) is 48.5 Å². The Kier molecular flexibility index (Phi) is 3.86. The van der Waals surface area contributed by atoms with Crippen LogP contribution in [-0.4, -0.2) is 17.5 Å². The maximum Gasteiger partial charge on any atom is 0.410 e. The Labute approximate surface area is 123 Å². The van der Waals surface area contributed by atoms with E-state index >= 15 is 0 Å². The van der Waals surface area contributed by atoms with E-state index in [4.69, 9.17) is 4.74 Å². The predicted molar refractivity (Wildman–Crippen MR) is 77.1 cm³/mol. The molecule has 1 amide bonds. The van der Waals surface area contributed by atoms with Crippen molar-refractivity contribution in [1.29, 1.82) is 0 Å². The lowest BCUT2D eigenvalue weighted by molar-refractivity contribution is 0.0916. The number of nitrogens with zero attached hydrogens (tertiary/aromatic N) is 1. The molecule has 2 aromatic carbocycles. The number of halogens is 1. The summed E-state index contributed by atoms with van der Waals surface area (Å²) >= 11 is 0. The summed E-state index contributed by atoms with van der Waals surface area (Å²) in [5.41, 5.74) is 2.52. The number of hydrogen-bond acceptors (Lipinski definition) is 2. The molecule has 108 valence electrons. The number of fused-ring (bicyclic) bond motifs is 1. The van der Waals surface area contributed by atoms with Gasteiger partial charge in [0.2, 0.25) is 0 Å². The Balaban J connectivity index is 1.62. The highest BCUT2D eigenvalue weighted by Gasteiger charge is 2.23. The highest BCUT2D eigenvalue weighted by Crippen LogP contribution is 2.22. The second-order valence-electron chi connectivity index (χ2n) is 5.09. The summed E-state index contributed by atoms with van der Waals surface area (Å²) in [5.74, 6) is -0.190. The number of ether oxygens (including phenoxy) is 1. The molecule has 0 unspecified atom stereocenters. The second-order valence-corrected chi connectivity index (χ2v) is 5.09. The molecule has 0 aliphatic carbocycles. The Morgan fingerprint density at radius 3 is 2.76 bits per heavy atom. The number of hydrogen-bond donors (Lipinski definition) is 0. The lowest BCUT2D eigenvalue weighted by atomic mass is 9.99. The third-order valence-electron chi connectivity index (χ3n) is 3.67. The van der Waals surface area contributed by atoms with Crippen molar-refractivity contribution in [3.63, 3.8) is 0 Å². The van der Waals surface area contributed by atoms with Gasteiger partial charge in [-0.05, 0) is 29.2 Å². The van der Waals surface area contributed by atoms with Gasteiger partial charge in [0.05, 0.1) is 0 Å². The van der Waals surface area contributed by atoms with Gasteiger partial charge in [0.25, 0.3) is 0 Å². The van der Waals surface area contributed by atoms with Gasteiger partial charge in [-0.3, -0.25) is 0 Å². The molecule has 0 saturated heterocycles. The van der Waals surface area contributed by atoms with E-state index in [-0.39, 0.29) is 18.5 Å². The van der Waals surface area contributed by atoms with E-state index in [0.29, 0.717) is 25.1 Å². The summed E-state index contributed by atoms with van der Waals surface area (Å²) in [7, 11) is 0. The van der Waals surface area contributed by atoms with Crippen LogP contribution in [0.5, 0.6) is 0 Å². The number of benzene rings is 2. The summed E-state index contributed by atoms with van der Waals surface area (Å²) in [6.07, 6.45) is 0.177. The molecule has 1 heterocycles. The molecule has 3 rings (SSSR count). The lowest BCUT2D eigenvalue weighted by Gasteiger charge is -2.28. The first-order chi connectivity index (χ1) is 10.2. The molecule has 1 aliphatic heterocycles. The molecule has 0 atom stereocenters. The van der Waals surface area contributed by atoms with Gasteiger partial charge >= 0.3 is 6.09 Å². The third kappa shape index (κ3) is 3.05. The lowest BCUT2D eigenvalue weighted by Crippen LogP contribution is -2.36. The number of carbonyl (C=O) groups excluding carboxylic acids is 1. The second kappa shape index (κ2) is 5.95. The van der Waals surface area contributed by atoms with Gasteiger partial charge in [-0.2, -0.15) is 0 Å². The van der Waals surface area contributed by atoms with Crippen LogP contribution in [0, 0.1) is 5.82 Å². The fourth-order valence-corrected chi connectivity index (χ4v) is 2.53. The molecule has 0 saturated carbocycles. The molecule has 0 radical (unpaired) electrons. The van der Waals surface area contributed by atoms with Gasteiger partial charge in [-0.25, -0.2) is 9.18 Å². The van der Waals surface area contributed by atoms with Crippen LogP contribution >= 0.6 is 0 Å². The van der Waals surface area contributed by atoms with E-state index in [1.807, 2.05) is 36.4 Å². The first-order valence-corrected chi connectivity index (χ1v) is 6.96. The summed E-state index contributed by atoms with van der Waals surface area (Å²) in [5, 5.41) is 0. The van der Waals surface area contributed by atoms with E-state index in [2.05, 4.69) is 0 Å². The molecule has 1 aliphatic rings. The Morgan fingerprint density at radius 2 is 1.95 bits per heavy atom. The van der Waals surface area contributed by atoms with E-state index in [1.165, 1.54) is 6.07 Å². The Bertz CT molecular complexity index is 642. The molecular formula is C17H16FNO2. The summed E-state index contributed by atoms with van der Waals surface area (Å²) in [6, 6.07) is 14.5. The fraction of sp³-hybridized carbons (Fsp3) is 0.235.